The molecule has 2 aromatic rings. The summed E-state index contributed by atoms with van der Waals surface area (Å²) in [5.74, 6) is 4.33. The number of carboxylic acids is 1. The van der Waals surface area contributed by atoms with Gasteiger partial charge in [0.05, 0.1) is 11.1 Å². The lowest BCUT2D eigenvalue weighted by atomic mass is 9.61. The number of benzene rings is 1. The lowest BCUT2D eigenvalue weighted by molar-refractivity contribution is -0.127. The molecule has 1 aromatic carbocycles. The Balaban J connectivity index is 2.05. The fourth-order valence-electron chi connectivity index (χ4n) is 5.73. The molecule has 0 spiro atoms. The van der Waals surface area contributed by atoms with Crippen LogP contribution in [0, 0.1) is 11.8 Å². The molecule has 4 N–H and O–H groups in total. The molecule has 4 rings (SSSR count). The van der Waals surface area contributed by atoms with Crippen molar-refractivity contribution in [1.29, 1.82) is 0 Å². The van der Waals surface area contributed by atoms with Crippen molar-refractivity contribution >= 4 is 22.8 Å². The van der Waals surface area contributed by atoms with Gasteiger partial charge in [-0.15, -0.1) is 0 Å². The van der Waals surface area contributed by atoms with Gasteiger partial charge in [0, 0.05) is 22.9 Å². The highest BCUT2D eigenvalue weighted by Gasteiger charge is 2.54. The molecule has 2 aliphatic carbocycles. The van der Waals surface area contributed by atoms with Gasteiger partial charge < -0.3 is 5.11 Å². The molecule has 142 valence electrons. The van der Waals surface area contributed by atoms with E-state index in [0.717, 1.165) is 61.4 Å². The van der Waals surface area contributed by atoms with Crippen molar-refractivity contribution in [2.24, 2.45) is 17.7 Å². The largest absolute Gasteiger partial charge is 0.478 e. The second kappa shape index (κ2) is 6.93. The number of carbonyl (C=O) groups excluding carboxylic acids is 1. The Morgan fingerprint density at radius 3 is 2.59 bits per heavy atom. The van der Waals surface area contributed by atoms with Crippen molar-refractivity contribution in [1.82, 2.24) is 10.4 Å². The maximum atomic E-state index is 12.8. The van der Waals surface area contributed by atoms with E-state index in [9.17, 15) is 14.7 Å². The lowest BCUT2D eigenvalue weighted by Gasteiger charge is -2.42. The lowest BCUT2D eigenvalue weighted by Crippen LogP contribution is -2.48. The second-order valence-electron chi connectivity index (χ2n) is 7.84. The number of aromatic nitrogens is 1. The van der Waals surface area contributed by atoms with Crippen LogP contribution in [0.3, 0.4) is 0 Å². The van der Waals surface area contributed by atoms with Gasteiger partial charge in [-0.2, -0.15) is 0 Å². The summed E-state index contributed by atoms with van der Waals surface area (Å²) in [6.07, 6.45) is 8.17. The molecule has 2 aliphatic rings. The summed E-state index contributed by atoms with van der Waals surface area (Å²) in [6, 6.07) is 7.66. The number of amides is 1. The van der Waals surface area contributed by atoms with Gasteiger partial charge in [0.2, 0.25) is 5.91 Å². The monoisotopic (exact) mass is 367 g/mol. The highest BCUT2D eigenvalue weighted by Crippen LogP contribution is 2.57. The Bertz CT molecular complexity index is 891. The van der Waals surface area contributed by atoms with Gasteiger partial charge >= 0.3 is 5.97 Å². The number of hydrogen-bond acceptors (Lipinski definition) is 4. The molecule has 2 fully saturated rings. The first-order chi connectivity index (χ1) is 13.1. The van der Waals surface area contributed by atoms with E-state index >= 15 is 0 Å². The molecule has 6 nitrogen and oxygen atoms in total. The summed E-state index contributed by atoms with van der Waals surface area (Å²) >= 11 is 0. The van der Waals surface area contributed by atoms with Gasteiger partial charge in [0.1, 0.15) is 0 Å². The third-order valence-electron chi connectivity index (χ3n) is 6.72. The summed E-state index contributed by atoms with van der Waals surface area (Å²) in [7, 11) is 0. The number of rotatable bonds is 4. The zero-order chi connectivity index (χ0) is 19.0. The van der Waals surface area contributed by atoms with Gasteiger partial charge in [-0.25, -0.2) is 10.6 Å². The van der Waals surface area contributed by atoms with Gasteiger partial charge in [-0.3, -0.25) is 15.2 Å². The Hall–Kier alpha value is -2.47. The minimum absolute atomic E-state index is 0.184. The van der Waals surface area contributed by atoms with Crippen molar-refractivity contribution in [3.05, 3.63) is 41.6 Å². The van der Waals surface area contributed by atoms with E-state index in [1.807, 2.05) is 24.3 Å². The number of fused-ring (bicyclic) bond motifs is 1. The molecule has 2 atom stereocenters. The Morgan fingerprint density at radius 1 is 1.15 bits per heavy atom. The van der Waals surface area contributed by atoms with Crippen LogP contribution >= 0.6 is 0 Å². The third-order valence-corrected chi connectivity index (χ3v) is 6.72. The summed E-state index contributed by atoms with van der Waals surface area (Å²) < 4.78 is 0. The number of nitrogens with zero attached hydrogens (tertiary/aromatic N) is 1. The van der Waals surface area contributed by atoms with Crippen LogP contribution < -0.4 is 11.3 Å². The van der Waals surface area contributed by atoms with Crippen LogP contribution in [0.15, 0.2) is 30.5 Å². The van der Waals surface area contributed by atoms with Crippen molar-refractivity contribution in [3.63, 3.8) is 0 Å². The number of nitrogens with two attached hydrogens (primary N) is 1. The first kappa shape index (κ1) is 17.9. The van der Waals surface area contributed by atoms with Crippen molar-refractivity contribution < 1.29 is 14.7 Å². The zero-order valence-electron chi connectivity index (χ0n) is 15.3. The minimum Gasteiger partial charge on any atom is -0.478 e. The minimum atomic E-state index is -0.987. The van der Waals surface area contributed by atoms with Gasteiger partial charge in [-0.1, -0.05) is 37.5 Å². The smallest absolute Gasteiger partial charge is 0.337 e. The number of hydrogen-bond donors (Lipinski definition) is 3. The molecule has 2 unspecified atom stereocenters. The average Bonchev–Trinajstić information content (AvgIpc) is 3.36. The standard InChI is InChI=1S/C21H25N3O3/c22-24-19(25)16-9-5-11-21(16,13-6-1-2-7-13)18-14-8-3-4-10-17(14)23-12-15(18)20(26)27/h3-4,8,10,12-13,16H,1-2,5-7,9,11,22H2,(H,24,25)(H,26,27). The molecule has 0 saturated heterocycles. The second-order valence-corrected chi connectivity index (χ2v) is 7.84. The van der Waals surface area contributed by atoms with Crippen molar-refractivity contribution in [3.8, 4) is 0 Å². The normalized spacial score (nSPS) is 25.7. The van der Waals surface area contributed by atoms with Gasteiger partial charge in [0.15, 0.2) is 0 Å². The van der Waals surface area contributed by atoms with Crippen molar-refractivity contribution in [2.45, 2.75) is 50.4 Å². The van der Waals surface area contributed by atoms with Crippen LogP contribution in [0.25, 0.3) is 10.9 Å². The third kappa shape index (κ3) is 2.70. The van der Waals surface area contributed by atoms with E-state index < -0.39 is 11.4 Å². The number of aromatic carboxylic acids is 1. The highest BCUT2D eigenvalue weighted by molar-refractivity contribution is 5.98. The summed E-state index contributed by atoms with van der Waals surface area (Å²) in [4.78, 5) is 29.3. The molecule has 0 bridgehead atoms. The molecule has 1 heterocycles. The van der Waals surface area contributed by atoms with E-state index in [-0.39, 0.29) is 23.3 Å². The van der Waals surface area contributed by atoms with E-state index in [0.29, 0.717) is 0 Å². The van der Waals surface area contributed by atoms with Gasteiger partial charge in [0.25, 0.3) is 0 Å². The number of para-hydroxylation sites is 1. The van der Waals surface area contributed by atoms with Crippen LogP contribution in [-0.2, 0) is 10.2 Å². The van der Waals surface area contributed by atoms with E-state index in [2.05, 4.69) is 10.4 Å². The first-order valence-corrected chi connectivity index (χ1v) is 9.71. The Labute approximate surface area is 158 Å². The van der Waals surface area contributed by atoms with Gasteiger partial charge in [-0.05, 0) is 43.2 Å². The molecule has 2 saturated carbocycles. The molecular weight excluding hydrogens is 342 g/mol. The predicted octanol–water partition coefficient (Wildman–Crippen LogP) is 3.15. The maximum Gasteiger partial charge on any atom is 0.337 e. The summed E-state index contributed by atoms with van der Waals surface area (Å²) in [5, 5.41) is 10.8. The van der Waals surface area contributed by atoms with Crippen LogP contribution in [0.5, 0.6) is 0 Å². The first-order valence-electron chi connectivity index (χ1n) is 9.71. The fourth-order valence-corrected chi connectivity index (χ4v) is 5.73. The van der Waals surface area contributed by atoms with Crippen LogP contribution in [0.2, 0.25) is 0 Å². The number of carboxylic acid groups (broad SMARTS) is 1. The maximum absolute atomic E-state index is 12.8. The zero-order valence-corrected chi connectivity index (χ0v) is 15.3. The Morgan fingerprint density at radius 2 is 1.89 bits per heavy atom. The molecule has 0 radical (unpaired) electrons. The topological polar surface area (TPSA) is 105 Å². The molecular formula is C21H25N3O3. The number of pyridine rings is 1. The van der Waals surface area contributed by atoms with E-state index in [1.165, 1.54) is 6.20 Å². The SMILES string of the molecule is NNC(=O)C1CCCC1(c1c(C(=O)O)cnc2ccccc12)C1CCCC1. The van der Waals surface area contributed by atoms with Crippen LogP contribution in [0.1, 0.15) is 60.9 Å². The average molecular weight is 367 g/mol. The highest BCUT2D eigenvalue weighted by atomic mass is 16.4. The number of carbonyl (C=O) groups is 2. The summed E-state index contributed by atoms with van der Waals surface area (Å²) in [6.45, 7) is 0. The molecule has 6 heteroatoms. The van der Waals surface area contributed by atoms with Crippen molar-refractivity contribution in [2.75, 3.05) is 0 Å². The number of nitrogens with one attached hydrogen (secondary N) is 1. The fraction of sp³-hybridized carbons (Fsp3) is 0.476. The molecule has 0 aliphatic heterocycles. The van der Waals surface area contributed by atoms with Crippen LogP contribution in [0.4, 0.5) is 0 Å². The van der Waals surface area contributed by atoms with Crippen LogP contribution in [-0.4, -0.2) is 22.0 Å². The van der Waals surface area contributed by atoms with E-state index in [1.54, 1.807) is 0 Å². The quantitative estimate of drug-likeness (QED) is 0.437. The summed E-state index contributed by atoms with van der Waals surface area (Å²) in [5.41, 5.74) is 3.63. The number of hydrazine groups is 1. The predicted molar refractivity (Wildman–Crippen MR) is 102 cm³/mol. The molecule has 1 aromatic heterocycles. The van der Waals surface area contributed by atoms with E-state index in [4.69, 9.17) is 5.84 Å². The molecule has 27 heavy (non-hydrogen) atoms. The Kier molecular flexibility index (Phi) is 4.60. The molecule has 1 amide bonds.